The largest absolute Gasteiger partial charge is 0.476 e. The fourth-order valence-electron chi connectivity index (χ4n) is 1.38. The predicted molar refractivity (Wildman–Crippen MR) is 66.3 cm³/mol. The smallest absolute Gasteiger partial charge is 0.358 e. The number of carboxylic acid groups (broad SMARTS) is 1. The molecule has 1 N–H and O–H groups in total. The maximum Gasteiger partial charge on any atom is 0.358 e. The van der Waals surface area contributed by atoms with Gasteiger partial charge in [0.25, 0.3) is 0 Å². The van der Waals surface area contributed by atoms with Crippen LogP contribution in [0.15, 0.2) is 27.1 Å². The number of hydrogen-bond acceptors (Lipinski definition) is 3. The Bertz CT molecular complexity index is 594. The lowest BCUT2D eigenvalue weighted by Crippen LogP contribution is -1.98. The van der Waals surface area contributed by atoms with Gasteiger partial charge in [0, 0.05) is 4.47 Å². The van der Waals surface area contributed by atoms with E-state index in [2.05, 4.69) is 20.9 Å². The van der Waals surface area contributed by atoms with E-state index in [1.54, 1.807) is 25.1 Å². The average molecular weight is 317 g/mol. The summed E-state index contributed by atoms with van der Waals surface area (Å²) >= 11 is 9.35. The normalized spacial score (nSPS) is 10.5. The van der Waals surface area contributed by atoms with Gasteiger partial charge in [-0.3, -0.25) is 0 Å². The molecule has 0 unspecified atom stereocenters. The third-order valence-corrected chi connectivity index (χ3v) is 3.48. The fourth-order valence-corrected chi connectivity index (χ4v) is 1.95. The molecule has 0 aliphatic heterocycles. The molecular formula is C11H7BrClNO3. The second kappa shape index (κ2) is 4.50. The number of carboxylic acids is 1. The molecular weight excluding hydrogens is 309 g/mol. The number of benzene rings is 1. The summed E-state index contributed by atoms with van der Waals surface area (Å²) in [6.45, 7) is 1.55. The van der Waals surface area contributed by atoms with E-state index in [0.717, 1.165) is 0 Å². The van der Waals surface area contributed by atoms with Crippen molar-refractivity contribution in [2.24, 2.45) is 0 Å². The molecule has 0 fully saturated rings. The molecule has 0 bridgehead atoms. The molecule has 1 heterocycles. The zero-order valence-corrected chi connectivity index (χ0v) is 11.0. The predicted octanol–water partition coefficient (Wildman–Crippen LogP) is 3.76. The lowest BCUT2D eigenvalue weighted by molar-refractivity contribution is 0.0689. The van der Waals surface area contributed by atoms with E-state index in [-0.39, 0.29) is 17.3 Å². The standard InChI is InChI=1S/C11H7BrClNO3/c1-5-9(11(15)16)14-10(17-5)6-3-2-4-7(12)8(6)13/h2-4H,1H3,(H,15,16). The number of aromatic carboxylic acids is 1. The second-order valence-electron chi connectivity index (χ2n) is 3.33. The first kappa shape index (κ1) is 12.1. The van der Waals surface area contributed by atoms with Gasteiger partial charge in [0.2, 0.25) is 5.89 Å². The van der Waals surface area contributed by atoms with Crippen LogP contribution in [-0.2, 0) is 0 Å². The zero-order chi connectivity index (χ0) is 12.6. The van der Waals surface area contributed by atoms with Gasteiger partial charge in [0.1, 0.15) is 5.76 Å². The van der Waals surface area contributed by atoms with Crippen LogP contribution in [-0.4, -0.2) is 16.1 Å². The number of oxazole rings is 1. The molecule has 0 saturated carbocycles. The van der Waals surface area contributed by atoms with Gasteiger partial charge in [-0.1, -0.05) is 17.7 Å². The fraction of sp³-hybridized carbons (Fsp3) is 0.0909. The molecule has 17 heavy (non-hydrogen) atoms. The van der Waals surface area contributed by atoms with Crippen LogP contribution in [0.4, 0.5) is 0 Å². The zero-order valence-electron chi connectivity index (χ0n) is 8.70. The van der Waals surface area contributed by atoms with Crippen molar-refractivity contribution in [2.45, 2.75) is 6.92 Å². The van der Waals surface area contributed by atoms with Crippen molar-refractivity contribution >= 4 is 33.5 Å². The van der Waals surface area contributed by atoms with Gasteiger partial charge in [-0.15, -0.1) is 0 Å². The number of rotatable bonds is 2. The van der Waals surface area contributed by atoms with Crippen molar-refractivity contribution in [2.75, 3.05) is 0 Å². The highest BCUT2D eigenvalue weighted by Crippen LogP contribution is 2.33. The van der Waals surface area contributed by atoms with E-state index in [4.69, 9.17) is 21.1 Å². The molecule has 0 aliphatic carbocycles. The number of hydrogen-bond donors (Lipinski definition) is 1. The van der Waals surface area contributed by atoms with Crippen LogP contribution in [0, 0.1) is 6.92 Å². The molecule has 1 aromatic carbocycles. The highest BCUT2D eigenvalue weighted by Gasteiger charge is 2.19. The Labute approximate surface area is 110 Å². The summed E-state index contributed by atoms with van der Waals surface area (Å²) in [4.78, 5) is 14.8. The van der Waals surface area contributed by atoms with E-state index in [9.17, 15) is 4.79 Å². The van der Waals surface area contributed by atoms with Gasteiger partial charge in [-0.2, -0.15) is 0 Å². The van der Waals surface area contributed by atoms with Crippen LogP contribution >= 0.6 is 27.5 Å². The molecule has 0 radical (unpaired) electrons. The minimum atomic E-state index is -1.12. The first-order valence-corrected chi connectivity index (χ1v) is 5.83. The molecule has 4 nitrogen and oxygen atoms in total. The van der Waals surface area contributed by atoms with Crippen molar-refractivity contribution in [1.29, 1.82) is 0 Å². The molecule has 0 saturated heterocycles. The van der Waals surface area contributed by atoms with E-state index in [0.29, 0.717) is 15.1 Å². The Balaban J connectivity index is 2.58. The van der Waals surface area contributed by atoms with Crippen LogP contribution in [0.3, 0.4) is 0 Å². The quantitative estimate of drug-likeness (QED) is 0.916. The Kier molecular flexibility index (Phi) is 3.22. The van der Waals surface area contributed by atoms with Gasteiger partial charge < -0.3 is 9.52 Å². The third-order valence-electron chi connectivity index (χ3n) is 2.18. The molecule has 2 aromatic rings. The first-order valence-electron chi connectivity index (χ1n) is 4.66. The van der Waals surface area contributed by atoms with E-state index < -0.39 is 5.97 Å². The van der Waals surface area contributed by atoms with Crippen molar-refractivity contribution in [3.05, 3.63) is 39.1 Å². The lowest BCUT2D eigenvalue weighted by atomic mass is 10.2. The van der Waals surface area contributed by atoms with Gasteiger partial charge >= 0.3 is 5.97 Å². The van der Waals surface area contributed by atoms with Gasteiger partial charge in [0.05, 0.1) is 10.6 Å². The van der Waals surface area contributed by atoms with Crippen LogP contribution < -0.4 is 0 Å². The van der Waals surface area contributed by atoms with Crippen LogP contribution in [0.25, 0.3) is 11.5 Å². The Morgan fingerprint density at radius 1 is 1.53 bits per heavy atom. The van der Waals surface area contributed by atoms with Crippen molar-refractivity contribution in [1.82, 2.24) is 4.98 Å². The highest BCUT2D eigenvalue weighted by molar-refractivity contribution is 9.10. The Morgan fingerprint density at radius 3 is 2.82 bits per heavy atom. The molecule has 0 aliphatic rings. The summed E-state index contributed by atoms with van der Waals surface area (Å²) in [6, 6.07) is 5.26. The number of carbonyl (C=O) groups is 1. The van der Waals surface area contributed by atoms with Gasteiger partial charge in [0.15, 0.2) is 5.69 Å². The SMILES string of the molecule is Cc1oc(-c2cccc(Br)c2Cl)nc1C(=O)O. The van der Waals surface area contributed by atoms with Gasteiger partial charge in [-0.25, -0.2) is 9.78 Å². The van der Waals surface area contributed by atoms with Crippen molar-refractivity contribution in [3.63, 3.8) is 0 Å². The van der Waals surface area contributed by atoms with Crippen molar-refractivity contribution < 1.29 is 14.3 Å². The minimum absolute atomic E-state index is 0.101. The number of aryl methyl sites for hydroxylation is 1. The molecule has 1 aromatic heterocycles. The number of nitrogens with zero attached hydrogens (tertiary/aromatic N) is 1. The minimum Gasteiger partial charge on any atom is -0.476 e. The monoisotopic (exact) mass is 315 g/mol. The summed E-state index contributed by atoms with van der Waals surface area (Å²) in [5.74, 6) is -0.668. The Hall–Kier alpha value is -1.33. The highest BCUT2D eigenvalue weighted by atomic mass is 79.9. The van der Waals surface area contributed by atoms with E-state index in [1.807, 2.05) is 0 Å². The van der Waals surface area contributed by atoms with E-state index in [1.165, 1.54) is 0 Å². The van der Waals surface area contributed by atoms with Crippen molar-refractivity contribution in [3.8, 4) is 11.5 Å². The topological polar surface area (TPSA) is 63.3 Å². The van der Waals surface area contributed by atoms with Crippen LogP contribution in [0.1, 0.15) is 16.2 Å². The average Bonchev–Trinajstić information content (AvgIpc) is 2.64. The molecule has 6 heteroatoms. The van der Waals surface area contributed by atoms with Crippen LogP contribution in [0.5, 0.6) is 0 Å². The second-order valence-corrected chi connectivity index (χ2v) is 4.56. The molecule has 2 rings (SSSR count). The molecule has 0 amide bonds. The maximum absolute atomic E-state index is 10.9. The Morgan fingerprint density at radius 2 is 2.24 bits per heavy atom. The summed E-state index contributed by atoms with van der Waals surface area (Å²) in [5, 5.41) is 9.32. The maximum atomic E-state index is 10.9. The summed E-state index contributed by atoms with van der Waals surface area (Å²) in [6.07, 6.45) is 0. The summed E-state index contributed by atoms with van der Waals surface area (Å²) < 4.78 is 6.00. The number of halogens is 2. The first-order chi connectivity index (χ1) is 8.00. The van der Waals surface area contributed by atoms with Crippen LogP contribution in [0.2, 0.25) is 5.02 Å². The summed E-state index contributed by atoms with van der Waals surface area (Å²) in [5.41, 5.74) is 0.452. The van der Waals surface area contributed by atoms with Gasteiger partial charge in [-0.05, 0) is 35.0 Å². The number of aromatic nitrogens is 1. The third kappa shape index (κ3) is 2.21. The summed E-state index contributed by atoms with van der Waals surface area (Å²) in [7, 11) is 0. The molecule has 0 atom stereocenters. The lowest BCUT2D eigenvalue weighted by Gasteiger charge is -2.00. The molecule has 88 valence electrons. The molecule has 0 spiro atoms. The van der Waals surface area contributed by atoms with E-state index >= 15 is 0 Å².